The van der Waals surface area contributed by atoms with Crippen LogP contribution in [0, 0.1) is 0 Å². The van der Waals surface area contributed by atoms with Gasteiger partial charge in [0.15, 0.2) is 0 Å². The third-order valence-corrected chi connectivity index (χ3v) is 3.17. The van der Waals surface area contributed by atoms with Crippen LogP contribution in [0.15, 0.2) is 12.4 Å². The molecular weight excluding hydrogens is 254 g/mol. The van der Waals surface area contributed by atoms with Gasteiger partial charge in [-0.1, -0.05) is 20.8 Å². The van der Waals surface area contributed by atoms with Crippen molar-refractivity contribution in [1.82, 2.24) is 9.97 Å². The summed E-state index contributed by atoms with van der Waals surface area (Å²) < 4.78 is 10.6. The number of rotatable bonds is 7. The Hall–Kier alpha value is -1.20. The molecule has 1 aromatic heterocycles. The number of aryl methyl sites for hydroxylation is 1. The number of ether oxygens (including phenoxy) is 2. The van der Waals surface area contributed by atoms with E-state index >= 15 is 0 Å². The summed E-state index contributed by atoms with van der Waals surface area (Å²) >= 11 is 0. The molecule has 1 aromatic rings. The van der Waals surface area contributed by atoms with Crippen molar-refractivity contribution in [3.63, 3.8) is 0 Å². The maximum absolute atomic E-state index is 5.63. The monoisotopic (exact) mass is 281 g/mol. The van der Waals surface area contributed by atoms with Crippen molar-refractivity contribution in [2.45, 2.75) is 52.2 Å². The lowest BCUT2D eigenvalue weighted by molar-refractivity contribution is -0.0261. The van der Waals surface area contributed by atoms with E-state index in [4.69, 9.17) is 9.47 Å². The van der Waals surface area contributed by atoms with E-state index in [1.807, 2.05) is 19.9 Å². The lowest BCUT2D eigenvalue weighted by Gasteiger charge is -2.35. The molecule has 0 atom stereocenters. The van der Waals surface area contributed by atoms with Gasteiger partial charge < -0.3 is 14.8 Å². The van der Waals surface area contributed by atoms with Gasteiger partial charge in [-0.25, -0.2) is 9.97 Å². The minimum atomic E-state index is 0.366. The van der Waals surface area contributed by atoms with Gasteiger partial charge in [-0.05, 0) is 19.3 Å². The smallest absolute Gasteiger partial charge is 0.129 e. The largest absolute Gasteiger partial charge is 0.382 e. The van der Waals surface area contributed by atoms with Gasteiger partial charge in [-0.15, -0.1) is 0 Å². The molecule has 1 saturated carbocycles. The van der Waals surface area contributed by atoms with Gasteiger partial charge in [0.25, 0.3) is 0 Å². The molecule has 5 heteroatoms. The van der Waals surface area contributed by atoms with E-state index in [-0.39, 0.29) is 0 Å². The van der Waals surface area contributed by atoms with E-state index in [1.54, 1.807) is 13.4 Å². The molecule has 1 heterocycles. The number of nitrogens with zero attached hydrogens (tertiary/aromatic N) is 2. The van der Waals surface area contributed by atoms with Crippen molar-refractivity contribution in [3.05, 3.63) is 18.1 Å². The molecule has 1 fully saturated rings. The Kier molecular flexibility index (Phi) is 8.14. The molecule has 20 heavy (non-hydrogen) atoms. The molecule has 0 aromatic carbocycles. The highest BCUT2D eigenvalue weighted by molar-refractivity contribution is 5.36. The first kappa shape index (κ1) is 16.9. The first-order valence-corrected chi connectivity index (χ1v) is 7.49. The molecule has 0 bridgehead atoms. The lowest BCUT2D eigenvalue weighted by atomic mass is 9.89. The van der Waals surface area contributed by atoms with Crippen LogP contribution in [0.1, 0.15) is 39.3 Å². The molecule has 0 spiro atoms. The Bertz CT molecular complexity index is 368. The summed E-state index contributed by atoms with van der Waals surface area (Å²) in [5.74, 6) is 0.919. The summed E-state index contributed by atoms with van der Waals surface area (Å²) in [6, 6.07) is 2.48. The quantitative estimate of drug-likeness (QED) is 0.779. The van der Waals surface area contributed by atoms with Gasteiger partial charge in [-0.3, -0.25) is 0 Å². The molecule has 0 radical (unpaired) electrons. The van der Waals surface area contributed by atoms with Crippen molar-refractivity contribution in [2.24, 2.45) is 0 Å². The fourth-order valence-electron chi connectivity index (χ4n) is 2.00. The Morgan fingerprint density at radius 3 is 2.65 bits per heavy atom. The summed E-state index contributed by atoms with van der Waals surface area (Å²) in [5.41, 5.74) is 1.07. The Morgan fingerprint density at radius 2 is 2.00 bits per heavy atom. The first-order valence-electron chi connectivity index (χ1n) is 7.49. The second-order valence-electron chi connectivity index (χ2n) is 4.55. The van der Waals surface area contributed by atoms with Gasteiger partial charge in [0.2, 0.25) is 0 Å². The van der Waals surface area contributed by atoms with E-state index < -0.39 is 0 Å². The lowest BCUT2D eigenvalue weighted by Crippen LogP contribution is -2.41. The van der Waals surface area contributed by atoms with Gasteiger partial charge in [0.05, 0.1) is 19.3 Å². The van der Waals surface area contributed by atoms with Crippen molar-refractivity contribution in [1.29, 1.82) is 0 Å². The molecule has 0 unspecified atom stereocenters. The molecule has 0 aliphatic heterocycles. The van der Waals surface area contributed by atoms with Crippen molar-refractivity contribution in [2.75, 3.05) is 25.6 Å². The normalized spacial score (nSPS) is 20.6. The minimum absolute atomic E-state index is 0.366. The third-order valence-electron chi connectivity index (χ3n) is 3.17. The number of anilines is 1. The van der Waals surface area contributed by atoms with Gasteiger partial charge in [0, 0.05) is 24.9 Å². The average Bonchev–Trinajstić information content (AvgIpc) is 2.47. The Balaban J connectivity index is 0.000000956. The Morgan fingerprint density at radius 1 is 1.25 bits per heavy atom. The summed E-state index contributed by atoms with van der Waals surface area (Å²) in [6.45, 7) is 7.44. The third kappa shape index (κ3) is 5.43. The molecule has 1 aliphatic carbocycles. The zero-order valence-electron chi connectivity index (χ0n) is 13.1. The summed E-state index contributed by atoms with van der Waals surface area (Å²) in [5, 5.41) is 3.41. The molecule has 0 saturated heterocycles. The summed E-state index contributed by atoms with van der Waals surface area (Å²) in [7, 11) is 1.69. The van der Waals surface area contributed by atoms with Crippen LogP contribution < -0.4 is 5.32 Å². The maximum Gasteiger partial charge on any atom is 0.129 e. The van der Waals surface area contributed by atoms with Crippen molar-refractivity contribution in [3.8, 4) is 0 Å². The Labute approximate surface area is 122 Å². The summed E-state index contributed by atoms with van der Waals surface area (Å²) in [6.07, 6.45) is 4.99. The maximum atomic E-state index is 5.63. The number of methoxy groups -OCH3 is 1. The van der Waals surface area contributed by atoms with Crippen molar-refractivity contribution < 1.29 is 9.47 Å². The van der Waals surface area contributed by atoms with Crippen LogP contribution in [0.5, 0.6) is 0 Å². The van der Waals surface area contributed by atoms with Gasteiger partial charge >= 0.3 is 0 Å². The van der Waals surface area contributed by atoms with Crippen LogP contribution in [0.2, 0.25) is 0 Å². The fraction of sp³-hybridized carbons (Fsp3) is 0.733. The highest BCUT2D eigenvalue weighted by Crippen LogP contribution is 2.26. The molecular formula is C15H27N3O2. The van der Waals surface area contributed by atoms with E-state index in [0.717, 1.165) is 30.8 Å². The van der Waals surface area contributed by atoms with Crippen LogP contribution >= 0.6 is 0 Å². The molecule has 1 N–H and O–H groups in total. The van der Waals surface area contributed by atoms with Crippen LogP contribution in [-0.4, -0.2) is 42.4 Å². The van der Waals surface area contributed by atoms with Crippen LogP contribution in [0.3, 0.4) is 0 Å². The van der Waals surface area contributed by atoms with Crippen LogP contribution in [-0.2, 0) is 15.9 Å². The highest BCUT2D eigenvalue weighted by atomic mass is 16.5. The molecule has 0 amide bonds. The van der Waals surface area contributed by atoms with Crippen LogP contribution in [0.4, 0.5) is 5.82 Å². The predicted octanol–water partition coefficient (Wildman–Crippen LogP) is 2.67. The standard InChI is InChI=1S/C13H21N3O2.C2H6/c1-3-10-8-13(15-9-14-10)16-11-6-12(7-11)18-5-4-17-2;1-2/h8-9,11-12H,3-7H2,1-2H3,(H,14,15,16);1-2H3. The van der Waals surface area contributed by atoms with Gasteiger partial charge in [-0.2, -0.15) is 0 Å². The van der Waals surface area contributed by atoms with Gasteiger partial charge in [0.1, 0.15) is 12.1 Å². The van der Waals surface area contributed by atoms with E-state index in [9.17, 15) is 0 Å². The van der Waals surface area contributed by atoms with E-state index in [1.165, 1.54) is 0 Å². The highest BCUT2D eigenvalue weighted by Gasteiger charge is 2.29. The van der Waals surface area contributed by atoms with Crippen LogP contribution in [0.25, 0.3) is 0 Å². The molecule has 5 nitrogen and oxygen atoms in total. The fourth-order valence-corrected chi connectivity index (χ4v) is 2.00. The second-order valence-corrected chi connectivity index (χ2v) is 4.55. The number of hydrogen-bond acceptors (Lipinski definition) is 5. The number of nitrogens with one attached hydrogen (secondary N) is 1. The zero-order valence-corrected chi connectivity index (χ0v) is 13.1. The zero-order chi connectivity index (χ0) is 14.8. The van der Waals surface area contributed by atoms with E-state index in [2.05, 4.69) is 22.2 Å². The first-order chi connectivity index (χ1) is 9.81. The summed E-state index contributed by atoms with van der Waals surface area (Å²) in [4.78, 5) is 8.41. The topological polar surface area (TPSA) is 56.3 Å². The predicted molar refractivity (Wildman–Crippen MR) is 81.0 cm³/mol. The van der Waals surface area contributed by atoms with Crippen molar-refractivity contribution >= 4 is 5.82 Å². The van der Waals surface area contributed by atoms with E-state index in [0.29, 0.717) is 25.4 Å². The average molecular weight is 281 g/mol. The molecule has 1 aliphatic rings. The number of hydrogen-bond donors (Lipinski definition) is 1. The second kappa shape index (κ2) is 9.66. The molecule has 114 valence electrons. The number of aromatic nitrogens is 2. The minimum Gasteiger partial charge on any atom is -0.382 e. The molecule has 2 rings (SSSR count). The SMILES string of the molecule is CC.CCc1cc(NC2CC(OCCOC)C2)ncn1.